The number of rotatable bonds is 6. The molecule has 12 nitrogen and oxygen atoms in total. The summed E-state index contributed by atoms with van der Waals surface area (Å²) in [6, 6.07) is -1.61. The highest BCUT2D eigenvalue weighted by molar-refractivity contribution is 6.07. The van der Waals surface area contributed by atoms with Crippen LogP contribution < -0.4 is 33.6 Å². The van der Waals surface area contributed by atoms with Gasteiger partial charge in [-0.15, -0.1) is 0 Å². The maximum atomic E-state index is 12.5. The summed E-state index contributed by atoms with van der Waals surface area (Å²) in [7, 11) is 1.52. The summed E-state index contributed by atoms with van der Waals surface area (Å²) in [6.45, 7) is 0.487. The fraction of sp³-hybridized carbons (Fsp3) is 0.643. The highest BCUT2D eigenvalue weighted by Gasteiger charge is 2.52. The average Bonchev–Trinajstić information content (AvgIpc) is 3.15. The fourth-order valence-electron chi connectivity index (χ4n) is 2.92. The van der Waals surface area contributed by atoms with E-state index in [1.165, 1.54) is 11.9 Å². The summed E-state index contributed by atoms with van der Waals surface area (Å²) >= 11 is 0. The second-order valence-corrected chi connectivity index (χ2v) is 6.59. The zero-order chi connectivity index (χ0) is 19.5. The maximum Gasteiger partial charge on any atom is 0.318 e. The first-order valence-corrected chi connectivity index (χ1v) is 8.14. The Balaban J connectivity index is 1.86. The molecular formula is C14H25N9O3. The van der Waals surface area contributed by atoms with E-state index in [1.54, 1.807) is 0 Å². The number of likely N-dealkylation sites (N-methyl/N-ethyl adjacent to an activating group) is 1. The van der Waals surface area contributed by atoms with Crippen molar-refractivity contribution >= 4 is 29.8 Å². The van der Waals surface area contributed by atoms with E-state index < -0.39 is 23.5 Å². The molecule has 144 valence electrons. The number of urea groups is 1. The van der Waals surface area contributed by atoms with Crippen molar-refractivity contribution in [3.05, 3.63) is 0 Å². The van der Waals surface area contributed by atoms with Crippen LogP contribution in [0.2, 0.25) is 0 Å². The molecule has 4 amide bonds. The van der Waals surface area contributed by atoms with Crippen LogP contribution in [0.3, 0.4) is 0 Å². The van der Waals surface area contributed by atoms with Gasteiger partial charge in [-0.3, -0.25) is 25.2 Å². The van der Waals surface area contributed by atoms with Gasteiger partial charge in [-0.25, -0.2) is 9.79 Å². The smallest absolute Gasteiger partial charge is 0.318 e. The van der Waals surface area contributed by atoms with Crippen molar-refractivity contribution in [2.24, 2.45) is 38.8 Å². The average molecular weight is 367 g/mol. The molecule has 1 saturated carbocycles. The van der Waals surface area contributed by atoms with E-state index in [9.17, 15) is 14.4 Å². The Bertz CT molecular complexity index is 658. The van der Waals surface area contributed by atoms with Crippen LogP contribution in [0.15, 0.2) is 9.98 Å². The van der Waals surface area contributed by atoms with E-state index in [0.717, 1.165) is 0 Å². The molecule has 2 aliphatic rings. The molecule has 1 unspecified atom stereocenters. The largest absolute Gasteiger partial charge is 0.370 e. The van der Waals surface area contributed by atoms with E-state index in [2.05, 4.69) is 20.6 Å². The number of guanidine groups is 2. The number of nitrogens with two attached hydrogens (primary N) is 4. The molecule has 0 saturated heterocycles. The number of hydrogen-bond acceptors (Lipinski definition) is 6. The van der Waals surface area contributed by atoms with Crippen molar-refractivity contribution < 1.29 is 14.4 Å². The summed E-state index contributed by atoms with van der Waals surface area (Å²) in [4.78, 5) is 44.6. The number of carbonyl (C=O) groups excluding carboxylic acids is 3. The number of carbonyl (C=O) groups is 3. The minimum Gasteiger partial charge on any atom is -0.370 e. The van der Waals surface area contributed by atoms with Crippen LogP contribution in [-0.4, -0.2) is 66.4 Å². The number of aliphatic imine (C=N–C) groups is 2. The Morgan fingerprint density at radius 1 is 1.42 bits per heavy atom. The van der Waals surface area contributed by atoms with Crippen LogP contribution in [0.1, 0.15) is 19.3 Å². The minimum atomic E-state index is -0.836. The molecule has 2 rings (SSSR count). The molecule has 26 heavy (non-hydrogen) atoms. The Labute approximate surface area is 150 Å². The van der Waals surface area contributed by atoms with E-state index in [4.69, 9.17) is 22.9 Å². The molecule has 0 aromatic heterocycles. The van der Waals surface area contributed by atoms with Gasteiger partial charge in [0.1, 0.15) is 6.04 Å². The van der Waals surface area contributed by atoms with Crippen molar-refractivity contribution in [3.8, 4) is 0 Å². The SMILES string of the molecule is CN(C(=O)C[C@@]1(N)C[C@H]1CCN=C(N)N)C1CN=C(NC(N)=O)NC1=O. The normalized spacial score (nSPS) is 27.0. The van der Waals surface area contributed by atoms with Crippen LogP contribution in [0.25, 0.3) is 0 Å². The topological polar surface area (TPSA) is 207 Å². The lowest BCUT2D eigenvalue weighted by atomic mass is 10.1. The van der Waals surface area contributed by atoms with Gasteiger partial charge in [-0.2, -0.15) is 0 Å². The third-order valence-electron chi connectivity index (χ3n) is 4.60. The highest BCUT2D eigenvalue weighted by Crippen LogP contribution is 2.46. The van der Waals surface area contributed by atoms with Crippen LogP contribution in [0.4, 0.5) is 4.79 Å². The lowest BCUT2D eigenvalue weighted by Gasteiger charge is -2.30. The fourth-order valence-corrected chi connectivity index (χ4v) is 2.92. The van der Waals surface area contributed by atoms with Crippen LogP contribution in [0, 0.1) is 5.92 Å². The van der Waals surface area contributed by atoms with Gasteiger partial charge in [-0.05, 0) is 18.8 Å². The Morgan fingerprint density at radius 2 is 2.12 bits per heavy atom. The first-order chi connectivity index (χ1) is 12.1. The third kappa shape index (κ3) is 4.81. The van der Waals surface area contributed by atoms with Crippen LogP contribution in [0.5, 0.6) is 0 Å². The van der Waals surface area contributed by atoms with Gasteiger partial charge in [0.2, 0.25) is 11.9 Å². The number of primary amides is 1. The monoisotopic (exact) mass is 367 g/mol. The standard InChI is InChI=1S/C14H25N9O3/c1-23(8-6-20-13(21-10(8)25)22-12(17)26)9(24)5-14(18)4-7(14)2-3-19-11(15)16/h7-8H,2-6,18H2,1H3,(H4,15,16,19)(H4,17,20,21,22,25,26)/t7-,8?,14+/m1/s1. The van der Waals surface area contributed by atoms with E-state index in [0.29, 0.717) is 19.4 Å². The van der Waals surface area contributed by atoms with Crippen LogP contribution >= 0.6 is 0 Å². The van der Waals surface area contributed by atoms with E-state index in [1.807, 2.05) is 0 Å². The molecular weight excluding hydrogens is 342 g/mol. The van der Waals surface area contributed by atoms with Gasteiger partial charge in [0, 0.05) is 25.6 Å². The third-order valence-corrected chi connectivity index (χ3v) is 4.60. The quantitative estimate of drug-likeness (QED) is 0.209. The summed E-state index contributed by atoms with van der Waals surface area (Å²) in [5.74, 6) is -0.549. The number of nitrogens with one attached hydrogen (secondary N) is 2. The van der Waals surface area contributed by atoms with Crippen molar-refractivity contribution in [3.63, 3.8) is 0 Å². The molecule has 1 heterocycles. The molecule has 0 aromatic carbocycles. The minimum absolute atomic E-state index is 0.0230. The van der Waals surface area contributed by atoms with Gasteiger partial charge < -0.3 is 27.8 Å². The number of amides is 4. The van der Waals surface area contributed by atoms with E-state index in [-0.39, 0.29) is 36.7 Å². The zero-order valence-electron chi connectivity index (χ0n) is 14.6. The Hall–Kier alpha value is -2.89. The molecule has 1 aliphatic carbocycles. The predicted octanol–water partition coefficient (Wildman–Crippen LogP) is -3.26. The first-order valence-electron chi connectivity index (χ1n) is 8.14. The molecule has 0 radical (unpaired) electrons. The summed E-state index contributed by atoms with van der Waals surface area (Å²) in [5, 5.41) is 4.58. The Kier molecular flexibility index (Phi) is 5.65. The first kappa shape index (κ1) is 19.4. The van der Waals surface area contributed by atoms with Crippen molar-refractivity contribution in [2.75, 3.05) is 20.1 Å². The van der Waals surface area contributed by atoms with Gasteiger partial charge in [0.05, 0.1) is 6.54 Å². The summed E-state index contributed by atoms with van der Waals surface area (Å²) < 4.78 is 0. The summed E-state index contributed by atoms with van der Waals surface area (Å²) in [5.41, 5.74) is 21.2. The highest BCUT2D eigenvalue weighted by atomic mass is 16.2. The predicted molar refractivity (Wildman–Crippen MR) is 94.7 cm³/mol. The second kappa shape index (κ2) is 7.56. The molecule has 0 spiro atoms. The Morgan fingerprint density at radius 3 is 2.69 bits per heavy atom. The lowest BCUT2D eigenvalue weighted by molar-refractivity contribution is -0.138. The molecule has 1 aliphatic heterocycles. The maximum absolute atomic E-state index is 12.5. The lowest BCUT2D eigenvalue weighted by Crippen LogP contribution is -2.58. The van der Waals surface area contributed by atoms with Gasteiger partial charge in [-0.1, -0.05) is 0 Å². The number of nitrogens with zero attached hydrogens (tertiary/aromatic N) is 3. The molecule has 1 fully saturated rings. The van der Waals surface area contributed by atoms with Crippen molar-refractivity contribution in [1.29, 1.82) is 0 Å². The number of hydrogen-bond donors (Lipinski definition) is 6. The van der Waals surface area contributed by atoms with Gasteiger partial charge >= 0.3 is 6.03 Å². The second-order valence-electron chi connectivity index (χ2n) is 6.59. The van der Waals surface area contributed by atoms with Gasteiger partial charge in [0.25, 0.3) is 5.91 Å². The zero-order valence-corrected chi connectivity index (χ0v) is 14.6. The van der Waals surface area contributed by atoms with Crippen molar-refractivity contribution in [2.45, 2.75) is 30.8 Å². The molecule has 0 aromatic rings. The van der Waals surface area contributed by atoms with Gasteiger partial charge in [0.15, 0.2) is 5.96 Å². The van der Waals surface area contributed by atoms with E-state index >= 15 is 0 Å². The summed E-state index contributed by atoms with van der Waals surface area (Å²) in [6.07, 6.45) is 1.52. The van der Waals surface area contributed by atoms with Crippen molar-refractivity contribution in [1.82, 2.24) is 15.5 Å². The molecule has 12 heteroatoms. The molecule has 10 N–H and O–H groups in total. The van der Waals surface area contributed by atoms with Crippen LogP contribution in [-0.2, 0) is 9.59 Å². The molecule has 3 atom stereocenters. The molecule has 0 bridgehead atoms.